The summed E-state index contributed by atoms with van der Waals surface area (Å²) in [6.45, 7) is 6.73. The third kappa shape index (κ3) is 4.20. The highest BCUT2D eigenvalue weighted by atomic mass is 19.4. The molecule has 1 atom stereocenters. The maximum Gasteiger partial charge on any atom is 0.416 e. The predicted molar refractivity (Wildman–Crippen MR) is 74.3 cm³/mol. The van der Waals surface area contributed by atoms with Crippen LogP contribution in [0.2, 0.25) is 0 Å². The van der Waals surface area contributed by atoms with Gasteiger partial charge in [0.15, 0.2) is 0 Å². The van der Waals surface area contributed by atoms with Crippen LogP contribution in [0.3, 0.4) is 0 Å². The SMILES string of the molecule is CCCNC(c1cnccc1C(F)(F)F)C(CC)CC. The molecule has 1 heterocycles. The molecule has 5 heteroatoms. The number of pyridine rings is 1. The van der Waals surface area contributed by atoms with E-state index in [1.54, 1.807) is 0 Å². The normalized spacial score (nSPS) is 13.8. The van der Waals surface area contributed by atoms with E-state index >= 15 is 0 Å². The second-order valence-electron chi connectivity index (χ2n) is 4.97. The van der Waals surface area contributed by atoms with Crippen LogP contribution in [0.1, 0.15) is 57.2 Å². The minimum Gasteiger partial charge on any atom is -0.310 e. The van der Waals surface area contributed by atoms with E-state index in [1.165, 1.54) is 12.4 Å². The summed E-state index contributed by atoms with van der Waals surface area (Å²) in [7, 11) is 0. The van der Waals surface area contributed by atoms with Crippen LogP contribution in [0, 0.1) is 5.92 Å². The van der Waals surface area contributed by atoms with Gasteiger partial charge in [0, 0.05) is 18.4 Å². The largest absolute Gasteiger partial charge is 0.416 e. The van der Waals surface area contributed by atoms with Crippen LogP contribution in [0.25, 0.3) is 0 Å². The molecule has 0 aliphatic heterocycles. The van der Waals surface area contributed by atoms with Gasteiger partial charge in [0.25, 0.3) is 0 Å². The first-order valence-electron chi connectivity index (χ1n) is 7.20. The number of hydrogen-bond donors (Lipinski definition) is 1. The molecule has 114 valence electrons. The Bertz CT molecular complexity index is 400. The second kappa shape index (κ2) is 7.62. The van der Waals surface area contributed by atoms with Crippen molar-refractivity contribution in [2.24, 2.45) is 5.92 Å². The first kappa shape index (κ1) is 17.0. The summed E-state index contributed by atoms with van der Waals surface area (Å²) in [4.78, 5) is 3.90. The first-order valence-corrected chi connectivity index (χ1v) is 7.20. The van der Waals surface area contributed by atoms with E-state index in [0.717, 1.165) is 25.3 Å². The summed E-state index contributed by atoms with van der Waals surface area (Å²) in [5.74, 6) is 0.173. The van der Waals surface area contributed by atoms with Gasteiger partial charge in [-0.05, 0) is 30.5 Å². The second-order valence-corrected chi connectivity index (χ2v) is 4.97. The van der Waals surface area contributed by atoms with Crippen molar-refractivity contribution >= 4 is 0 Å². The van der Waals surface area contributed by atoms with E-state index in [0.29, 0.717) is 6.54 Å². The molecule has 2 nitrogen and oxygen atoms in total. The van der Waals surface area contributed by atoms with Gasteiger partial charge in [-0.2, -0.15) is 13.2 Å². The molecule has 1 aromatic heterocycles. The average molecular weight is 288 g/mol. The Kier molecular flexibility index (Phi) is 6.46. The van der Waals surface area contributed by atoms with Crippen molar-refractivity contribution < 1.29 is 13.2 Å². The Hall–Kier alpha value is -1.10. The Morgan fingerprint density at radius 1 is 1.20 bits per heavy atom. The Balaban J connectivity index is 3.19. The highest BCUT2D eigenvalue weighted by molar-refractivity contribution is 5.29. The van der Waals surface area contributed by atoms with E-state index < -0.39 is 11.7 Å². The number of nitrogens with one attached hydrogen (secondary N) is 1. The van der Waals surface area contributed by atoms with Crippen molar-refractivity contribution in [3.8, 4) is 0 Å². The predicted octanol–water partition coefficient (Wildman–Crippen LogP) is 4.58. The fourth-order valence-electron chi connectivity index (χ4n) is 2.50. The zero-order valence-corrected chi connectivity index (χ0v) is 12.3. The van der Waals surface area contributed by atoms with Gasteiger partial charge in [-0.3, -0.25) is 4.98 Å². The zero-order valence-electron chi connectivity index (χ0n) is 12.3. The lowest BCUT2D eigenvalue weighted by Gasteiger charge is -2.29. The minimum atomic E-state index is -4.34. The van der Waals surface area contributed by atoms with Crippen molar-refractivity contribution in [3.05, 3.63) is 29.6 Å². The van der Waals surface area contributed by atoms with Crippen LogP contribution in [-0.2, 0) is 6.18 Å². The number of halogens is 3. The molecule has 0 aliphatic rings. The van der Waals surface area contributed by atoms with Crippen molar-refractivity contribution in [3.63, 3.8) is 0 Å². The maximum absolute atomic E-state index is 13.1. The van der Waals surface area contributed by atoms with Gasteiger partial charge >= 0.3 is 6.18 Å². The van der Waals surface area contributed by atoms with Crippen LogP contribution < -0.4 is 5.32 Å². The fraction of sp³-hybridized carbons (Fsp3) is 0.667. The molecule has 0 radical (unpaired) electrons. The quantitative estimate of drug-likeness (QED) is 0.794. The summed E-state index contributed by atoms with van der Waals surface area (Å²) in [6.07, 6.45) is 0.785. The van der Waals surface area contributed by atoms with Crippen LogP contribution in [0.15, 0.2) is 18.5 Å². The number of rotatable bonds is 7. The first-order chi connectivity index (χ1) is 9.45. The van der Waals surface area contributed by atoms with Crippen LogP contribution in [-0.4, -0.2) is 11.5 Å². The molecule has 1 rings (SSSR count). The van der Waals surface area contributed by atoms with Crippen LogP contribution in [0.4, 0.5) is 13.2 Å². The molecule has 0 saturated carbocycles. The molecule has 0 saturated heterocycles. The molecule has 1 N–H and O–H groups in total. The number of alkyl halides is 3. The summed E-state index contributed by atoms with van der Waals surface area (Å²) in [5, 5.41) is 3.26. The summed E-state index contributed by atoms with van der Waals surface area (Å²) < 4.78 is 39.4. The lowest BCUT2D eigenvalue weighted by atomic mass is 9.87. The van der Waals surface area contributed by atoms with Gasteiger partial charge in [-0.25, -0.2) is 0 Å². The smallest absolute Gasteiger partial charge is 0.310 e. The zero-order chi connectivity index (χ0) is 15.2. The highest BCUT2D eigenvalue weighted by Gasteiger charge is 2.36. The molecular weight excluding hydrogens is 265 g/mol. The third-order valence-corrected chi connectivity index (χ3v) is 3.63. The molecule has 1 unspecified atom stereocenters. The molecule has 0 fully saturated rings. The van der Waals surface area contributed by atoms with E-state index in [2.05, 4.69) is 10.3 Å². The van der Waals surface area contributed by atoms with Crippen LogP contribution >= 0.6 is 0 Å². The number of aromatic nitrogens is 1. The third-order valence-electron chi connectivity index (χ3n) is 3.63. The lowest BCUT2D eigenvalue weighted by Crippen LogP contribution is -2.30. The molecule has 0 amide bonds. The summed E-state index contributed by atoms with van der Waals surface area (Å²) in [5.41, 5.74) is -0.310. The molecule has 1 aromatic rings. The van der Waals surface area contributed by atoms with E-state index in [9.17, 15) is 13.2 Å². The van der Waals surface area contributed by atoms with Crippen molar-refractivity contribution in [1.29, 1.82) is 0 Å². The summed E-state index contributed by atoms with van der Waals surface area (Å²) in [6, 6.07) is 0.772. The average Bonchev–Trinajstić information content (AvgIpc) is 2.42. The minimum absolute atomic E-state index is 0.173. The molecule has 0 aromatic carbocycles. The standard InChI is InChI=1S/C15H23F3N2/c1-4-8-20-14(11(5-2)6-3)12-10-19-9-7-13(12)15(16,17)18/h7,9-11,14,20H,4-6,8H2,1-3H3. The van der Waals surface area contributed by atoms with Gasteiger partial charge < -0.3 is 5.32 Å². The lowest BCUT2D eigenvalue weighted by molar-refractivity contribution is -0.138. The number of nitrogens with zero attached hydrogens (tertiary/aromatic N) is 1. The maximum atomic E-state index is 13.1. The highest BCUT2D eigenvalue weighted by Crippen LogP contribution is 2.37. The summed E-state index contributed by atoms with van der Waals surface area (Å²) >= 11 is 0. The van der Waals surface area contributed by atoms with Crippen molar-refractivity contribution in [1.82, 2.24) is 10.3 Å². The monoisotopic (exact) mass is 288 g/mol. The van der Waals surface area contributed by atoms with Gasteiger partial charge in [0.05, 0.1) is 5.56 Å². The van der Waals surface area contributed by atoms with Gasteiger partial charge in [-0.15, -0.1) is 0 Å². The van der Waals surface area contributed by atoms with Gasteiger partial charge in [0.2, 0.25) is 0 Å². The molecular formula is C15H23F3N2. The molecule has 20 heavy (non-hydrogen) atoms. The Labute approximate surface area is 118 Å². The Morgan fingerprint density at radius 2 is 1.85 bits per heavy atom. The molecule has 0 bridgehead atoms. The van der Waals surface area contributed by atoms with Crippen LogP contribution in [0.5, 0.6) is 0 Å². The number of hydrogen-bond acceptors (Lipinski definition) is 2. The molecule has 0 spiro atoms. The van der Waals surface area contributed by atoms with E-state index in [-0.39, 0.29) is 17.5 Å². The van der Waals surface area contributed by atoms with Gasteiger partial charge in [0.1, 0.15) is 0 Å². The van der Waals surface area contributed by atoms with E-state index in [4.69, 9.17) is 0 Å². The fourth-order valence-corrected chi connectivity index (χ4v) is 2.50. The van der Waals surface area contributed by atoms with Crippen molar-refractivity contribution in [2.75, 3.05) is 6.54 Å². The topological polar surface area (TPSA) is 24.9 Å². The Morgan fingerprint density at radius 3 is 2.35 bits per heavy atom. The molecule has 0 aliphatic carbocycles. The van der Waals surface area contributed by atoms with Crippen molar-refractivity contribution in [2.45, 2.75) is 52.3 Å². The van der Waals surface area contributed by atoms with Gasteiger partial charge in [-0.1, -0.05) is 33.6 Å². The van der Waals surface area contributed by atoms with E-state index in [1.807, 2.05) is 20.8 Å².